The van der Waals surface area contributed by atoms with Crippen LogP contribution in [0.3, 0.4) is 0 Å². The van der Waals surface area contributed by atoms with E-state index in [1.165, 1.54) is 0 Å². The van der Waals surface area contributed by atoms with Crippen LogP contribution in [0.4, 0.5) is 0 Å². The highest BCUT2D eigenvalue weighted by molar-refractivity contribution is 5.23. The van der Waals surface area contributed by atoms with E-state index >= 15 is 0 Å². The average Bonchev–Trinajstić information content (AvgIpc) is 2.05. The van der Waals surface area contributed by atoms with Crippen molar-refractivity contribution in [1.82, 2.24) is 5.32 Å². The van der Waals surface area contributed by atoms with Gasteiger partial charge in [0.25, 0.3) is 0 Å². The van der Waals surface area contributed by atoms with E-state index in [-0.39, 0.29) is 6.10 Å². The van der Waals surface area contributed by atoms with Crippen molar-refractivity contribution in [3.63, 3.8) is 0 Å². The van der Waals surface area contributed by atoms with Crippen LogP contribution in [0.15, 0.2) is 36.4 Å². The van der Waals surface area contributed by atoms with Crippen molar-refractivity contribution in [2.75, 3.05) is 0 Å². The Morgan fingerprint density at radius 1 is 1.60 bits per heavy atom. The summed E-state index contributed by atoms with van der Waals surface area (Å²) in [7, 11) is 0. The normalized spacial score (nSPS) is 28.0. The molecule has 1 atom stereocenters. The Labute approximate surface area is 59.9 Å². The number of fused-ring (bicyclic) bond motifs is 1. The van der Waals surface area contributed by atoms with Gasteiger partial charge in [0.15, 0.2) is 0 Å². The van der Waals surface area contributed by atoms with E-state index < -0.39 is 0 Å². The highest BCUT2D eigenvalue weighted by Crippen LogP contribution is 2.16. The third-order valence-electron chi connectivity index (χ3n) is 1.67. The first-order chi connectivity index (χ1) is 4.97. The van der Waals surface area contributed by atoms with Gasteiger partial charge < -0.3 is 10.1 Å². The molecule has 1 N–H and O–H groups in total. The fourth-order valence-electron chi connectivity index (χ4n) is 1.14. The highest BCUT2D eigenvalue weighted by atomic mass is 16.5. The van der Waals surface area contributed by atoms with Gasteiger partial charge in [-0.1, -0.05) is 12.2 Å². The Hall–Kier alpha value is -1.18. The molecule has 0 aromatic carbocycles. The minimum atomic E-state index is 0.231. The van der Waals surface area contributed by atoms with Gasteiger partial charge in [-0.3, -0.25) is 0 Å². The van der Waals surface area contributed by atoms with Gasteiger partial charge in [0.1, 0.15) is 6.10 Å². The second-order valence-electron chi connectivity index (χ2n) is 2.36. The third-order valence-corrected chi connectivity index (χ3v) is 1.67. The molecule has 0 fully saturated rings. The van der Waals surface area contributed by atoms with Gasteiger partial charge >= 0.3 is 0 Å². The lowest BCUT2D eigenvalue weighted by molar-refractivity contribution is 0.160. The van der Waals surface area contributed by atoms with Crippen LogP contribution >= 0.6 is 0 Å². The zero-order chi connectivity index (χ0) is 6.81. The van der Waals surface area contributed by atoms with Crippen molar-refractivity contribution in [3.8, 4) is 0 Å². The second kappa shape index (κ2) is 2.21. The van der Waals surface area contributed by atoms with Crippen molar-refractivity contribution in [2.24, 2.45) is 0 Å². The van der Waals surface area contributed by atoms with Crippen molar-refractivity contribution >= 4 is 0 Å². The SMILES string of the molecule is C1=CCC2OC=CNC2=C1. The lowest BCUT2D eigenvalue weighted by atomic mass is 10.1. The largest absolute Gasteiger partial charge is 0.490 e. The molecule has 0 spiro atoms. The highest BCUT2D eigenvalue weighted by Gasteiger charge is 2.16. The van der Waals surface area contributed by atoms with Gasteiger partial charge in [-0.15, -0.1) is 0 Å². The number of allylic oxidation sites excluding steroid dienone is 2. The molecule has 1 heterocycles. The second-order valence-corrected chi connectivity index (χ2v) is 2.36. The van der Waals surface area contributed by atoms with E-state index in [1.807, 2.05) is 18.4 Å². The minimum Gasteiger partial charge on any atom is -0.490 e. The third kappa shape index (κ3) is 0.817. The zero-order valence-corrected chi connectivity index (χ0v) is 5.58. The lowest BCUT2D eigenvalue weighted by Crippen LogP contribution is -2.26. The number of hydrogen-bond donors (Lipinski definition) is 1. The molecule has 0 amide bonds. The molecular formula is C8H9NO. The van der Waals surface area contributed by atoms with Crippen LogP contribution < -0.4 is 5.32 Å². The van der Waals surface area contributed by atoms with Gasteiger partial charge in [0.2, 0.25) is 0 Å². The average molecular weight is 135 g/mol. The Balaban J connectivity index is 2.23. The van der Waals surface area contributed by atoms with Crippen LogP contribution in [-0.2, 0) is 4.74 Å². The molecule has 2 heteroatoms. The first-order valence-electron chi connectivity index (χ1n) is 3.40. The number of nitrogens with one attached hydrogen (secondary N) is 1. The van der Waals surface area contributed by atoms with Gasteiger partial charge in [-0.25, -0.2) is 0 Å². The van der Waals surface area contributed by atoms with Crippen LogP contribution in [0.2, 0.25) is 0 Å². The van der Waals surface area contributed by atoms with E-state index in [2.05, 4.69) is 11.4 Å². The van der Waals surface area contributed by atoms with Gasteiger partial charge in [-0.05, 0) is 6.08 Å². The maximum absolute atomic E-state index is 5.32. The Morgan fingerprint density at radius 2 is 2.60 bits per heavy atom. The van der Waals surface area contributed by atoms with Crippen LogP contribution in [0.1, 0.15) is 6.42 Å². The number of rotatable bonds is 0. The summed E-state index contributed by atoms with van der Waals surface area (Å²) >= 11 is 0. The molecule has 0 saturated heterocycles. The van der Waals surface area contributed by atoms with E-state index in [0.29, 0.717) is 0 Å². The van der Waals surface area contributed by atoms with Crippen molar-refractivity contribution < 1.29 is 4.74 Å². The maximum Gasteiger partial charge on any atom is 0.141 e. The van der Waals surface area contributed by atoms with Gasteiger partial charge in [0.05, 0.1) is 12.0 Å². The molecule has 1 aliphatic carbocycles. The monoisotopic (exact) mass is 135 g/mol. The molecule has 52 valence electrons. The van der Waals surface area contributed by atoms with E-state index in [0.717, 1.165) is 12.1 Å². The summed E-state index contributed by atoms with van der Waals surface area (Å²) in [6, 6.07) is 0. The van der Waals surface area contributed by atoms with E-state index in [1.54, 1.807) is 6.26 Å². The van der Waals surface area contributed by atoms with E-state index in [9.17, 15) is 0 Å². The summed E-state index contributed by atoms with van der Waals surface area (Å²) in [5.74, 6) is 0. The smallest absolute Gasteiger partial charge is 0.141 e. The van der Waals surface area contributed by atoms with Crippen molar-refractivity contribution in [3.05, 3.63) is 36.4 Å². The zero-order valence-electron chi connectivity index (χ0n) is 5.58. The molecule has 0 radical (unpaired) electrons. The molecule has 1 unspecified atom stereocenters. The van der Waals surface area contributed by atoms with E-state index in [4.69, 9.17) is 4.74 Å². The molecule has 2 rings (SSSR count). The molecule has 2 nitrogen and oxygen atoms in total. The molecule has 2 aliphatic rings. The first-order valence-corrected chi connectivity index (χ1v) is 3.40. The predicted molar refractivity (Wildman–Crippen MR) is 39.0 cm³/mol. The van der Waals surface area contributed by atoms with Gasteiger partial charge in [0, 0.05) is 12.6 Å². The van der Waals surface area contributed by atoms with Crippen molar-refractivity contribution in [2.45, 2.75) is 12.5 Å². The Morgan fingerprint density at radius 3 is 3.50 bits per heavy atom. The predicted octanol–water partition coefficient (Wildman–Crippen LogP) is 1.29. The standard InChI is InChI=1S/C8H9NO/c1-2-4-8-7(3-1)9-5-6-10-8/h1-3,5-6,8-9H,4H2. The van der Waals surface area contributed by atoms with Gasteiger partial charge in [-0.2, -0.15) is 0 Å². The van der Waals surface area contributed by atoms with Crippen LogP contribution in [0.5, 0.6) is 0 Å². The molecule has 0 aromatic heterocycles. The fraction of sp³-hybridized carbons (Fsp3) is 0.250. The topological polar surface area (TPSA) is 21.3 Å². The summed E-state index contributed by atoms with van der Waals surface area (Å²) in [6.45, 7) is 0. The summed E-state index contributed by atoms with van der Waals surface area (Å²) in [6.07, 6.45) is 10.9. The number of ether oxygens (including phenoxy) is 1. The fourth-order valence-corrected chi connectivity index (χ4v) is 1.14. The molecular weight excluding hydrogens is 126 g/mol. The summed E-state index contributed by atoms with van der Waals surface area (Å²) in [5, 5.41) is 3.13. The first kappa shape index (κ1) is 5.59. The molecule has 0 bridgehead atoms. The van der Waals surface area contributed by atoms with Crippen LogP contribution in [0.25, 0.3) is 0 Å². The Kier molecular flexibility index (Phi) is 1.24. The van der Waals surface area contributed by atoms with Crippen molar-refractivity contribution in [1.29, 1.82) is 0 Å². The lowest BCUT2D eigenvalue weighted by Gasteiger charge is -2.24. The maximum atomic E-state index is 5.32. The van der Waals surface area contributed by atoms with Crippen LogP contribution in [0, 0.1) is 0 Å². The molecule has 10 heavy (non-hydrogen) atoms. The summed E-state index contributed by atoms with van der Waals surface area (Å²) in [5.41, 5.74) is 1.16. The molecule has 0 saturated carbocycles. The minimum absolute atomic E-state index is 0.231. The number of hydrogen-bond acceptors (Lipinski definition) is 2. The quantitative estimate of drug-likeness (QED) is 0.540. The van der Waals surface area contributed by atoms with Crippen LogP contribution in [-0.4, -0.2) is 6.10 Å². The molecule has 1 aliphatic heterocycles. The summed E-state index contributed by atoms with van der Waals surface area (Å²) < 4.78 is 5.32. The molecule has 0 aromatic rings. The Bertz CT molecular complexity index is 215. The summed E-state index contributed by atoms with van der Waals surface area (Å²) in [4.78, 5) is 0.